The Balaban J connectivity index is 1.72. The SMILES string of the molecule is CCc1ccccc1NC(=O)CCc1c(C)nn2cnnc2c1C. The number of nitrogens with zero attached hydrogens (tertiary/aromatic N) is 4. The molecule has 1 N–H and O–H groups in total. The van der Waals surface area contributed by atoms with Crippen molar-refractivity contribution in [1.29, 1.82) is 0 Å². The second-order valence-electron chi connectivity index (χ2n) is 5.85. The molecule has 6 heteroatoms. The summed E-state index contributed by atoms with van der Waals surface area (Å²) in [5, 5.41) is 15.4. The number of hydrogen-bond donors (Lipinski definition) is 1. The van der Waals surface area contributed by atoms with E-state index in [4.69, 9.17) is 0 Å². The van der Waals surface area contributed by atoms with E-state index in [1.807, 2.05) is 38.1 Å². The molecule has 3 aromatic rings. The van der Waals surface area contributed by atoms with E-state index in [0.717, 1.165) is 40.1 Å². The van der Waals surface area contributed by atoms with Crippen molar-refractivity contribution in [2.75, 3.05) is 5.32 Å². The Morgan fingerprint density at radius 3 is 2.83 bits per heavy atom. The molecule has 3 rings (SSSR count). The van der Waals surface area contributed by atoms with Gasteiger partial charge < -0.3 is 5.32 Å². The highest BCUT2D eigenvalue weighted by atomic mass is 16.1. The Morgan fingerprint density at radius 2 is 2.04 bits per heavy atom. The van der Waals surface area contributed by atoms with Gasteiger partial charge in [-0.2, -0.15) is 5.10 Å². The molecule has 1 aromatic carbocycles. The Bertz CT molecular complexity index is 884. The van der Waals surface area contributed by atoms with Gasteiger partial charge >= 0.3 is 0 Å². The molecular formula is C18H21N5O. The van der Waals surface area contributed by atoms with Gasteiger partial charge in [0, 0.05) is 17.7 Å². The first-order chi connectivity index (χ1) is 11.6. The van der Waals surface area contributed by atoms with Crippen molar-refractivity contribution in [2.45, 2.75) is 40.0 Å². The number of carbonyl (C=O) groups is 1. The topological polar surface area (TPSA) is 72.2 Å². The second-order valence-corrected chi connectivity index (χ2v) is 5.85. The largest absolute Gasteiger partial charge is 0.326 e. The van der Waals surface area contributed by atoms with Crippen molar-refractivity contribution >= 4 is 17.2 Å². The van der Waals surface area contributed by atoms with E-state index >= 15 is 0 Å². The van der Waals surface area contributed by atoms with Gasteiger partial charge in [-0.15, -0.1) is 10.2 Å². The lowest BCUT2D eigenvalue weighted by molar-refractivity contribution is -0.116. The summed E-state index contributed by atoms with van der Waals surface area (Å²) in [6.45, 7) is 6.03. The van der Waals surface area contributed by atoms with Gasteiger partial charge in [0.25, 0.3) is 0 Å². The first-order valence-corrected chi connectivity index (χ1v) is 8.14. The molecule has 0 aliphatic heterocycles. The van der Waals surface area contributed by atoms with Crippen LogP contribution in [0.15, 0.2) is 30.6 Å². The number of amides is 1. The summed E-state index contributed by atoms with van der Waals surface area (Å²) in [6, 6.07) is 7.90. The molecule has 0 aliphatic carbocycles. The standard InChI is InChI=1S/C18H21N5O/c1-4-14-7-5-6-8-16(14)20-17(24)10-9-15-12(2)18-21-19-11-23(18)22-13(15)3/h5-8,11H,4,9-10H2,1-3H3,(H,20,24). The highest BCUT2D eigenvalue weighted by Crippen LogP contribution is 2.19. The van der Waals surface area contributed by atoms with Crippen molar-refractivity contribution in [1.82, 2.24) is 19.8 Å². The second kappa shape index (κ2) is 6.78. The van der Waals surface area contributed by atoms with Gasteiger partial charge in [-0.05, 0) is 43.9 Å². The molecule has 0 saturated carbocycles. The zero-order chi connectivity index (χ0) is 17.1. The van der Waals surface area contributed by atoms with E-state index < -0.39 is 0 Å². The van der Waals surface area contributed by atoms with Crippen molar-refractivity contribution < 1.29 is 4.79 Å². The molecule has 0 fully saturated rings. The van der Waals surface area contributed by atoms with Crippen LogP contribution in [-0.2, 0) is 17.6 Å². The summed E-state index contributed by atoms with van der Waals surface area (Å²) < 4.78 is 1.67. The summed E-state index contributed by atoms with van der Waals surface area (Å²) >= 11 is 0. The number of carbonyl (C=O) groups excluding carboxylic acids is 1. The highest BCUT2D eigenvalue weighted by molar-refractivity contribution is 5.91. The minimum absolute atomic E-state index is 0.0102. The summed E-state index contributed by atoms with van der Waals surface area (Å²) in [4.78, 5) is 12.3. The van der Waals surface area contributed by atoms with Gasteiger partial charge in [-0.3, -0.25) is 4.79 Å². The van der Waals surface area contributed by atoms with E-state index in [9.17, 15) is 4.79 Å². The van der Waals surface area contributed by atoms with Crippen LogP contribution in [0.2, 0.25) is 0 Å². The molecule has 1 amide bonds. The lowest BCUT2D eigenvalue weighted by Crippen LogP contribution is -2.15. The number of anilines is 1. The lowest BCUT2D eigenvalue weighted by atomic mass is 10.0. The third-order valence-corrected chi connectivity index (χ3v) is 4.29. The van der Waals surface area contributed by atoms with Gasteiger partial charge in [0.15, 0.2) is 5.65 Å². The Hall–Kier alpha value is -2.76. The maximum absolute atomic E-state index is 12.3. The molecule has 6 nitrogen and oxygen atoms in total. The van der Waals surface area contributed by atoms with Crippen LogP contribution in [0, 0.1) is 13.8 Å². The Morgan fingerprint density at radius 1 is 1.25 bits per heavy atom. The van der Waals surface area contributed by atoms with Crippen LogP contribution in [0.25, 0.3) is 5.65 Å². The van der Waals surface area contributed by atoms with Crippen molar-refractivity contribution in [3.8, 4) is 0 Å². The monoisotopic (exact) mass is 323 g/mol. The van der Waals surface area contributed by atoms with Crippen molar-refractivity contribution in [3.63, 3.8) is 0 Å². The zero-order valence-electron chi connectivity index (χ0n) is 14.2. The quantitative estimate of drug-likeness (QED) is 0.783. The molecule has 2 aromatic heterocycles. The highest BCUT2D eigenvalue weighted by Gasteiger charge is 2.13. The number of nitrogens with one attached hydrogen (secondary N) is 1. The Labute approximate surface area is 140 Å². The summed E-state index contributed by atoms with van der Waals surface area (Å²) in [5.41, 5.74) is 5.78. The third kappa shape index (κ3) is 3.13. The van der Waals surface area contributed by atoms with E-state index in [1.54, 1.807) is 10.8 Å². The van der Waals surface area contributed by atoms with Crippen molar-refractivity contribution in [2.24, 2.45) is 0 Å². The molecule has 0 radical (unpaired) electrons. The average molecular weight is 323 g/mol. The normalized spacial score (nSPS) is 11.0. The average Bonchev–Trinajstić information content (AvgIpc) is 3.03. The number of aryl methyl sites for hydroxylation is 3. The lowest BCUT2D eigenvalue weighted by Gasteiger charge is -2.12. The van der Waals surface area contributed by atoms with Gasteiger partial charge in [0.1, 0.15) is 6.33 Å². The predicted molar refractivity (Wildman–Crippen MR) is 93.0 cm³/mol. The van der Waals surface area contributed by atoms with E-state index in [0.29, 0.717) is 12.8 Å². The van der Waals surface area contributed by atoms with Gasteiger partial charge in [-0.1, -0.05) is 25.1 Å². The first kappa shape index (κ1) is 16.1. The molecule has 24 heavy (non-hydrogen) atoms. The van der Waals surface area contributed by atoms with Crippen LogP contribution in [0.1, 0.15) is 35.7 Å². The van der Waals surface area contributed by atoms with Crippen LogP contribution in [-0.4, -0.2) is 25.7 Å². The molecule has 2 heterocycles. The van der Waals surface area contributed by atoms with Crippen LogP contribution >= 0.6 is 0 Å². The van der Waals surface area contributed by atoms with Crippen LogP contribution < -0.4 is 5.32 Å². The molecule has 0 unspecified atom stereocenters. The molecule has 124 valence electrons. The summed E-state index contributed by atoms with van der Waals surface area (Å²) in [6.07, 6.45) is 3.52. The fourth-order valence-electron chi connectivity index (χ4n) is 2.95. The van der Waals surface area contributed by atoms with E-state index in [-0.39, 0.29) is 5.91 Å². The molecule has 0 atom stereocenters. The maximum atomic E-state index is 12.3. The number of hydrogen-bond acceptors (Lipinski definition) is 4. The van der Waals surface area contributed by atoms with Gasteiger partial charge in [-0.25, -0.2) is 4.52 Å². The van der Waals surface area contributed by atoms with Crippen LogP contribution in [0.3, 0.4) is 0 Å². The van der Waals surface area contributed by atoms with E-state index in [1.165, 1.54) is 0 Å². The number of aromatic nitrogens is 4. The maximum Gasteiger partial charge on any atom is 0.224 e. The summed E-state index contributed by atoms with van der Waals surface area (Å²) in [5.74, 6) is 0.0102. The fourth-order valence-corrected chi connectivity index (χ4v) is 2.95. The molecule has 0 saturated heterocycles. The van der Waals surface area contributed by atoms with Crippen molar-refractivity contribution in [3.05, 3.63) is 53.0 Å². The smallest absolute Gasteiger partial charge is 0.224 e. The van der Waals surface area contributed by atoms with Crippen LogP contribution in [0.4, 0.5) is 5.69 Å². The molecule has 0 aliphatic rings. The van der Waals surface area contributed by atoms with E-state index in [2.05, 4.69) is 27.5 Å². The minimum Gasteiger partial charge on any atom is -0.326 e. The minimum atomic E-state index is 0.0102. The summed E-state index contributed by atoms with van der Waals surface area (Å²) in [7, 11) is 0. The number of rotatable bonds is 5. The number of para-hydroxylation sites is 1. The zero-order valence-corrected chi connectivity index (χ0v) is 14.2. The number of fused-ring (bicyclic) bond motifs is 1. The number of benzene rings is 1. The first-order valence-electron chi connectivity index (χ1n) is 8.14. The third-order valence-electron chi connectivity index (χ3n) is 4.29. The van der Waals surface area contributed by atoms with Gasteiger partial charge in [0.2, 0.25) is 5.91 Å². The molecule has 0 bridgehead atoms. The fraction of sp³-hybridized carbons (Fsp3) is 0.333. The predicted octanol–water partition coefficient (Wildman–Crippen LogP) is 2.87. The Kier molecular flexibility index (Phi) is 4.55. The van der Waals surface area contributed by atoms with Gasteiger partial charge in [0.05, 0.1) is 5.69 Å². The molecule has 0 spiro atoms. The molecular weight excluding hydrogens is 302 g/mol. The van der Waals surface area contributed by atoms with Crippen LogP contribution in [0.5, 0.6) is 0 Å².